The first kappa shape index (κ1) is 10.4. The lowest BCUT2D eigenvalue weighted by Gasteiger charge is -2.10. The molecular weight excluding hydrogens is 230 g/mol. The highest BCUT2D eigenvalue weighted by Gasteiger charge is 2.05. The van der Waals surface area contributed by atoms with Crippen molar-refractivity contribution >= 4 is 21.6 Å². The van der Waals surface area contributed by atoms with Gasteiger partial charge < -0.3 is 10.5 Å². The third kappa shape index (κ3) is 2.37. The number of ether oxygens (including phenoxy) is 1. The van der Waals surface area contributed by atoms with Crippen LogP contribution in [0.2, 0.25) is 0 Å². The number of nitrogen functional groups attached to an aromatic ring is 1. The summed E-state index contributed by atoms with van der Waals surface area (Å²) >= 11 is 3.41. The molecule has 2 nitrogen and oxygen atoms in total. The molecule has 0 bridgehead atoms. The van der Waals surface area contributed by atoms with Crippen LogP contribution in [-0.2, 0) is 0 Å². The van der Waals surface area contributed by atoms with Crippen molar-refractivity contribution in [2.45, 2.75) is 20.3 Å². The zero-order valence-corrected chi connectivity index (χ0v) is 9.52. The van der Waals surface area contributed by atoms with E-state index in [1.165, 1.54) is 0 Å². The molecule has 0 amide bonds. The monoisotopic (exact) mass is 243 g/mol. The Kier molecular flexibility index (Phi) is 3.60. The molecule has 0 unspecified atom stereocenters. The average Bonchev–Trinajstić information content (AvgIpc) is 2.13. The third-order valence-corrected chi connectivity index (χ3v) is 2.73. The lowest BCUT2D eigenvalue weighted by atomic mass is 10.2. The van der Waals surface area contributed by atoms with E-state index in [0.717, 1.165) is 27.9 Å². The topological polar surface area (TPSA) is 35.2 Å². The fourth-order valence-electron chi connectivity index (χ4n) is 1.01. The summed E-state index contributed by atoms with van der Waals surface area (Å²) in [5, 5.41) is 0. The molecule has 1 rings (SSSR count). The van der Waals surface area contributed by atoms with Crippen LogP contribution in [0.4, 0.5) is 5.69 Å². The molecule has 72 valence electrons. The van der Waals surface area contributed by atoms with Gasteiger partial charge in [0.05, 0.1) is 12.3 Å². The highest BCUT2D eigenvalue weighted by Crippen LogP contribution is 2.30. The van der Waals surface area contributed by atoms with Crippen LogP contribution >= 0.6 is 15.9 Å². The molecule has 0 aliphatic carbocycles. The van der Waals surface area contributed by atoms with Crippen LogP contribution < -0.4 is 10.5 Å². The van der Waals surface area contributed by atoms with Gasteiger partial charge in [-0.2, -0.15) is 0 Å². The molecule has 0 saturated carbocycles. The molecule has 0 fully saturated rings. The molecule has 2 N–H and O–H groups in total. The maximum Gasteiger partial charge on any atom is 0.142 e. The highest BCUT2D eigenvalue weighted by atomic mass is 79.9. The van der Waals surface area contributed by atoms with E-state index < -0.39 is 0 Å². The number of nitrogens with two attached hydrogens (primary N) is 1. The standard InChI is InChI=1S/C10H14BrNO/c1-3-6-13-9-5-4-8(11)7(2)10(9)12/h4-5H,3,6,12H2,1-2H3. The zero-order valence-electron chi connectivity index (χ0n) is 7.93. The van der Waals surface area contributed by atoms with Crippen LogP contribution in [0.3, 0.4) is 0 Å². The van der Waals surface area contributed by atoms with Crippen LogP contribution in [0.15, 0.2) is 16.6 Å². The Morgan fingerprint density at radius 2 is 2.15 bits per heavy atom. The van der Waals surface area contributed by atoms with E-state index in [4.69, 9.17) is 10.5 Å². The van der Waals surface area contributed by atoms with Gasteiger partial charge in [0.2, 0.25) is 0 Å². The van der Waals surface area contributed by atoms with E-state index in [1.807, 2.05) is 19.1 Å². The number of anilines is 1. The van der Waals surface area contributed by atoms with Gasteiger partial charge in [-0.1, -0.05) is 22.9 Å². The second kappa shape index (κ2) is 4.51. The Bertz CT molecular complexity index is 299. The zero-order chi connectivity index (χ0) is 9.84. The molecule has 13 heavy (non-hydrogen) atoms. The van der Waals surface area contributed by atoms with E-state index in [-0.39, 0.29) is 0 Å². The van der Waals surface area contributed by atoms with E-state index in [0.29, 0.717) is 6.61 Å². The molecule has 0 aliphatic heterocycles. The van der Waals surface area contributed by atoms with Gasteiger partial charge in [0.1, 0.15) is 5.75 Å². The summed E-state index contributed by atoms with van der Waals surface area (Å²) in [6, 6.07) is 3.85. The number of halogens is 1. The fourth-order valence-corrected chi connectivity index (χ4v) is 1.36. The van der Waals surface area contributed by atoms with Gasteiger partial charge in [0.15, 0.2) is 0 Å². The molecule has 0 spiro atoms. The summed E-state index contributed by atoms with van der Waals surface area (Å²) in [6.45, 7) is 4.76. The Labute approximate surface area is 87.2 Å². The number of hydrogen-bond acceptors (Lipinski definition) is 2. The first-order valence-corrected chi connectivity index (χ1v) is 5.13. The molecule has 1 aromatic carbocycles. The van der Waals surface area contributed by atoms with E-state index in [2.05, 4.69) is 22.9 Å². The highest BCUT2D eigenvalue weighted by molar-refractivity contribution is 9.10. The number of benzene rings is 1. The Morgan fingerprint density at radius 3 is 2.77 bits per heavy atom. The largest absolute Gasteiger partial charge is 0.491 e. The van der Waals surface area contributed by atoms with Crippen molar-refractivity contribution in [1.29, 1.82) is 0 Å². The SMILES string of the molecule is CCCOc1ccc(Br)c(C)c1N. The van der Waals surface area contributed by atoms with Crippen molar-refractivity contribution in [2.24, 2.45) is 0 Å². The fraction of sp³-hybridized carbons (Fsp3) is 0.400. The van der Waals surface area contributed by atoms with Gasteiger partial charge >= 0.3 is 0 Å². The maximum atomic E-state index is 5.87. The second-order valence-corrected chi connectivity index (χ2v) is 3.79. The summed E-state index contributed by atoms with van der Waals surface area (Å²) in [5.41, 5.74) is 7.63. The molecule has 1 aromatic rings. The maximum absolute atomic E-state index is 5.87. The number of rotatable bonds is 3. The lowest BCUT2D eigenvalue weighted by Crippen LogP contribution is -2.00. The third-order valence-electron chi connectivity index (χ3n) is 1.87. The van der Waals surface area contributed by atoms with Crippen LogP contribution in [0.1, 0.15) is 18.9 Å². The summed E-state index contributed by atoms with van der Waals surface area (Å²) in [6.07, 6.45) is 0.995. The Balaban J connectivity index is 2.90. The van der Waals surface area contributed by atoms with E-state index in [9.17, 15) is 0 Å². The summed E-state index contributed by atoms with van der Waals surface area (Å²) in [5.74, 6) is 0.780. The molecule has 0 aromatic heterocycles. The smallest absolute Gasteiger partial charge is 0.142 e. The molecule has 0 aliphatic rings. The first-order valence-electron chi connectivity index (χ1n) is 4.34. The van der Waals surface area contributed by atoms with Gasteiger partial charge in [-0.3, -0.25) is 0 Å². The van der Waals surface area contributed by atoms with Crippen LogP contribution in [0.25, 0.3) is 0 Å². The summed E-state index contributed by atoms with van der Waals surface area (Å²) in [4.78, 5) is 0. The van der Waals surface area contributed by atoms with Crippen molar-refractivity contribution in [3.8, 4) is 5.75 Å². The van der Waals surface area contributed by atoms with E-state index in [1.54, 1.807) is 0 Å². The van der Waals surface area contributed by atoms with Gasteiger partial charge in [-0.25, -0.2) is 0 Å². The minimum Gasteiger partial charge on any atom is -0.491 e. The predicted molar refractivity (Wildman–Crippen MR) is 59.1 cm³/mol. The molecule has 0 saturated heterocycles. The molecule has 0 atom stereocenters. The molecule has 0 radical (unpaired) electrons. The van der Waals surface area contributed by atoms with Gasteiger partial charge in [-0.15, -0.1) is 0 Å². The lowest BCUT2D eigenvalue weighted by molar-refractivity contribution is 0.319. The van der Waals surface area contributed by atoms with Crippen molar-refractivity contribution in [2.75, 3.05) is 12.3 Å². The minimum atomic E-state index is 0.714. The normalized spacial score (nSPS) is 10.1. The quantitative estimate of drug-likeness (QED) is 0.829. The molecule has 0 heterocycles. The van der Waals surface area contributed by atoms with Crippen molar-refractivity contribution in [3.63, 3.8) is 0 Å². The van der Waals surface area contributed by atoms with Crippen molar-refractivity contribution < 1.29 is 4.74 Å². The van der Waals surface area contributed by atoms with Gasteiger partial charge in [0, 0.05) is 4.47 Å². The Morgan fingerprint density at radius 1 is 1.46 bits per heavy atom. The molecular formula is C10H14BrNO. The molecule has 3 heteroatoms. The summed E-state index contributed by atoms with van der Waals surface area (Å²) < 4.78 is 6.50. The van der Waals surface area contributed by atoms with E-state index >= 15 is 0 Å². The van der Waals surface area contributed by atoms with Crippen LogP contribution in [-0.4, -0.2) is 6.61 Å². The van der Waals surface area contributed by atoms with Crippen molar-refractivity contribution in [3.05, 3.63) is 22.2 Å². The second-order valence-electron chi connectivity index (χ2n) is 2.93. The number of hydrogen-bond donors (Lipinski definition) is 1. The van der Waals surface area contributed by atoms with Crippen LogP contribution in [0, 0.1) is 6.92 Å². The van der Waals surface area contributed by atoms with Gasteiger partial charge in [0.25, 0.3) is 0 Å². The average molecular weight is 244 g/mol. The van der Waals surface area contributed by atoms with Gasteiger partial charge in [-0.05, 0) is 31.0 Å². The predicted octanol–water partition coefficient (Wildman–Crippen LogP) is 3.13. The minimum absolute atomic E-state index is 0.714. The Hall–Kier alpha value is -0.700. The van der Waals surface area contributed by atoms with Crippen LogP contribution in [0.5, 0.6) is 5.75 Å². The van der Waals surface area contributed by atoms with Crippen molar-refractivity contribution in [1.82, 2.24) is 0 Å². The first-order chi connectivity index (χ1) is 6.16. The summed E-state index contributed by atoms with van der Waals surface area (Å²) in [7, 11) is 0.